The van der Waals surface area contributed by atoms with Crippen molar-refractivity contribution in [2.45, 2.75) is 258 Å². The molecule has 0 aliphatic carbocycles. The zero-order chi connectivity index (χ0) is 43.6. The fourth-order valence-corrected chi connectivity index (χ4v) is 8.15. The number of carbonyl (C=O) groups is 2. The summed E-state index contributed by atoms with van der Waals surface area (Å²) in [5.74, 6) is -0.816. The van der Waals surface area contributed by atoms with Gasteiger partial charge in [-0.3, -0.25) is 14.2 Å². The Hall–Kier alpha value is -0.990. The lowest BCUT2D eigenvalue weighted by Gasteiger charge is -2.28. The van der Waals surface area contributed by atoms with Gasteiger partial charge in [-0.15, -0.1) is 0 Å². The molecule has 0 amide bonds. The van der Waals surface area contributed by atoms with Crippen molar-refractivity contribution in [2.75, 3.05) is 47.5 Å². The molecule has 0 aromatic heterocycles. The summed E-state index contributed by atoms with van der Waals surface area (Å²) in [6, 6.07) is 0. The number of nitrogens with zero attached hydrogens (tertiary/aromatic N) is 1. The van der Waals surface area contributed by atoms with Crippen molar-refractivity contribution in [2.24, 2.45) is 0 Å². The molecule has 0 bridgehead atoms. The van der Waals surface area contributed by atoms with Gasteiger partial charge in [-0.05, 0) is 12.8 Å². The highest BCUT2D eigenvalue weighted by Crippen LogP contribution is 2.38. The van der Waals surface area contributed by atoms with Crippen molar-refractivity contribution in [3.8, 4) is 0 Å². The summed E-state index contributed by atoms with van der Waals surface area (Å²) in [7, 11) is 1.19. The van der Waals surface area contributed by atoms with Gasteiger partial charge in [-0.2, -0.15) is 0 Å². The highest BCUT2D eigenvalue weighted by atomic mass is 31.2. The smallest absolute Gasteiger partial charge is 0.306 e. The van der Waals surface area contributed by atoms with E-state index in [4.69, 9.17) is 18.5 Å². The van der Waals surface area contributed by atoms with Crippen LogP contribution >= 0.6 is 7.82 Å². The molecule has 2 atom stereocenters. The molecule has 0 heterocycles. The lowest BCUT2D eigenvalue weighted by atomic mass is 10.0. The monoisotopic (exact) mass is 860 g/mol. The Balaban J connectivity index is 4.17. The van der Waals surface area contributed by atoms with Crippen molar-refractivity contribution < 1.29 is 42.1 Å². The summed E-state index contributed by atoms with van der Waals surface area (Å²) in [5, 5.41) is 0. The highest BCUT2D eigenvalue weighted by Gasteiger charge is 2.21. The largest absolute Gasteiger partial charge is 0.756 e. The van der Waals surface area contributed by atoms with E-state index in [1.54, 1.807) is 0 Å². The second-order valence-corrected chi connectivity index (χ2v) is 20.0. The van der Waals surface area contributed by atoms with E-state index >= 15 is 0 Å². The standard InChI is InChI=1S/C49H98NO8P/c1-6-8-10-12-14-16-18-20-21-22-23-24-25-26-27-28-30-32-34-36-38-40-42-49(52)58-47(46-57-59(53,54)56-44-43-50(3,4)5)45-55-48(51)41-39-37-35-33-31-29-19-17-15-13-11-9-7-2/h47H,6-46H2,1-5H3/t47-/m1/s1. The van der Waals surface area contributed by atoms with Gasteiger partial charge in [0.05, 0.1) is 27.7 Å². The van der Waals surface area contributed by atoms with Gasteiger partial charge in [0.1, 0.15) is 19.8 Å². The van der Waals surface area contributed by atoms with Gasteiger partial charge in [0.25, 0.3) is 7.82 Å². The fourth-order valence-electron chi connectivity index (χ4n) is 7.42. The third-order valence-corrected chi connectivity index (χ3v) is 12.3. The third kappa shape index (κ3) is 46.3. The van der Waals surface area contributed by atoms with Crippen molar-refractivity contribution in [3.05, 3.63) is 0 Å². The van der Waals surface area contributed by atoms with Crippen LogP contribution in [0.3, 0.4) is 0 Å². The number of unbranched alkanes of at least 4 members (excludes halogenated alkanes) is 33. The van der Waals surface area contributed by atoms with E-state index in [0.29, 0.717) is 17.4 Å². The number of ether oxygens (including phenoxy) is 2. The normalized spacial score (nSPS) is 13.4. The van der Waals surface area contributed by atoms with Crippen molar-refractivity contribution in [1.29, 1.82) is 0 Å². The van der Waals surface area contributed by atoms with Crippen LogP contribution in [0.2, 0.25) is 0 Å². The zero-order valence-corrected chi connectivity index (χ0v) is 40.6. The number of hydrogen-bond acceptors (Lipinski definition) is 8. The van der Waals surface area contributed by atoms with Gasteiger partial charge < -0.3 is 27.9 Å². The minimum atomic E-state index is -4.62. The molecule has 0 aromatic rings. The molecule has 0 N–H and O–H groups in total. The summed E-state index contributed by atoms with van der Waals surface area (Å²) in [6.07, 6.45) is 44.2. The summed E-state index contributed by atoms with van der Waals surface area (Å²) in [5.41, 5.74) is 0. The first-order chi connectivity index (χ1) is 28.5. The maximum absolute atomic E-state index is 12.7. The van der Waals surface area contributed by atoms with Gasteiger partial charge in [0.2, 0.25) is 0 Å². The average Bonchev–Trinajstić information content (AvgIpc) is 3.19. The summed E-state index contributed by atoms with van der Waals surface area (Å²) < 4.78 is 34.0. The van der Waals surface area contributed by atoms with E-state index in [0.717, 1.165) is 32.1 Å². The SMILES string of the molecule is CCCCCCCCCCCCCCCCCCCCCCCCC(=O)O[C@H](COC(=O)CCCCCCCCCCCCCCC)COP(=O)([O-])OCC[N+](C)(C)C. The lowest BCUT2D eigenvalue weighted by molar-refractivity contribution is -0.870. The topological polar surface area (TPSA) is 111 Å². The van der Waals surface area contributed by atoms with Crippen molar-refractivity contribution in [3.63, 3.8) is 0 Å². The molecule has 0 saturated carbocycles. The van der Waals surface area contributed by atoms with Gasteiger partial charge in [0.15, 0.2) is 6.10 Å². The maximum Gasteiger partial charge on any atom is 0.306 e. The van der Waals surface area contributed by atoms with E-state index in [2.05, 4.69) is 13.8 Å². The first-order valence-corrected chi connectivity index (χ1v) is 26.7. The van der Waals surface area contributed by atoms with Gasteiger partial charge in [-0.1, -0.05) is 226 Å². The summed E-state index contributed by atoms with van der Waals surface area (Å²) >= 11 is 0. The first kappa shape index (κ1) is 58.0. The maximum atomic E-state index is 12.7. The Morgan fingerprint density at radius 3 is 1.08 bits per heavy atom. The number of phosphoric acid groups is 1. The lowest BCUT2D eigenvalue weighted by Crippen LogP contribution is -2.37. The average molecular weight is 860 g/mol. The van der Waals surface area contributed by atoms with Crippen molar-refractivity contribution >= 4 is 19.8 Å². The molecule has 0 spiro atoms. The minimum Gasteiger partial charge on any atom is -0.756 e. The predicted octanol–water partition coefficient (Wildman–Crippen LogP) is 14.1. The Morgan fingerprint density at radius 1 is 0.458 bits per heavy atom. The minimum absolute atomic E-state index is 0.0254. The second-order valence-electron chi connectivity index (χ2n) is 18.6. The summed E-state index contributed by atoms with van der Waals surface area (Å²) in [6.45, 7) is 4.28. The number of phosphoric ester groups is 1. The molecule has 0 fully saturated rings. The van der Waals surface area contributed by atoms with Crippen LogP contribution in [0, 0.1) is 0 Å². The Bertz CT molecular complexity index is 974. The molecule has 0 aromatic carbocycles. The van der Waals surface area contributed by atoms with Crippen LogP contribution in [0.25, 0.3) is 0 Å². The second kappa shape index (κ2) is 42.3. The quantitative estimate of drug-likeness (QED) is 0.0257. The molecule has 59 heavy (non-hydrogen) atoms. The number of rotatable bonds is 47. The molecule has 9 nitrogen and oxygen atoms in total. The zero-order valence-electron chi connectivity index (χ0n) is 39.7. The molecular formula is C49H98NO8P. The molecule has 1 unspecified atom stereocenters. The molecular weight excluding hydrogens is 762 g/mol. The Labute approximate surface area is 365 Å². The summed E-state index contributed by atoms with van der Waals surface area (Å²) in [4.78, 5) is 37.6. The molecule has 0 rings (SSSR count). The number of hydrogen-bond donors (Lipinski definition) is 0. The highest BCUT2D eigenvalue weighted by molar-refractivity contribution is 7.45. The Kier molecular flexibility index (Phi) is 41.6. The van der Waals surface area contributed by atoms with E-state index in [-0.39, 0.29) is 32.0 Å². The van der Waals surface area contributed by atoms with Crippen LogP contribution in [0.5, 0.6) is 0 Å². The molecule has 0 saturated heterocycles. The fraction of sp³-hybridized carbons (Fsp3) is 0.959. The van der Waals surface area contributed by atoms with E-state index < -0.39 is 26.5 Å². The van der Waals surface area contributed by atoms with E-state index in [1.807, 2.05) is 21.1 Å². The van der Waals surface area contributed by atoms with Crippen LogP contribution in [-0.4, -0.2) is 70.0 Å². The van der Waals surface area contributed by atoms with E-state index in [9.17, 15) is 19.0 Å². The molecule has 0 aliphatic rings. The van der Waals surface area contributed by atoms with Crippen LogP contribution in [0.1, 0.15) is 251 Å². The number of quaternary nitrogens is 1. The number of likely N-dealkylation sites (N-methyl/N-ethyl adjacent to an activating group) is 1. The number of esters is 2. The molecule has 0 radical (unpaired) electrons. The molecule has 0 aliphatic heterocycles. The van der Waals surface area contributed by atoms with Crippen LogP contribution in [-0.2, 0) is 32.7 Å². The molecule has 10 heteroatoms. The van der Waals surface area contributed by atoms with Crippen LogP contribution < -0.4 is 4.89 Å². The van der Waals surface area contributed by atoms with Crippen LogP contribution in [0.4, 0.5) is 0 Å². The Morgan fingerprint density at radius 2 is 0.763 bits per heavy atom. The first-order valence-electron chi connectivity index (χ1n) is 25.2. The van der Waals surface area contributed by atoms with Gasteiger partial charge in [0, 0.05) is 12.8 Å². The predicted molar refractivity (Wildman–Crippen MR) is 245 cm³/mol. The number of carbonyl (C=O) groups excluding carboxylic acids is 2. The van der Waals surface area contributed by atoms with Gasteiger partial charge in [-0.25, -0.2) is 0 Å². The van der Waals surface area contributed by atoms with E-state index in [1.165, 1.54) is 186 Å². The molecule has 352 valence electrons. The van der Waals surface area contributed by atoms with Crippen molar-refractivity contribution in [1.82, 2.24) is 0 Å². The van der Waals surface area contributed by atoms with Crippen LogP contribution in [0.15, 0.2) is 0 Å². The van der Waals surface area contributed by atoms with Gasteiger partial charge >= 0.3 is 11.9 Å². The third-order valence-electron chi connectivity index (χ3n) is 11.4.